The average molecular weight is 306 g/mol. The first-order valence-corrected chi connectivity index (χ1v) is 8.16. The van der Waals surface area contributed by atoms with E-state index in [0.29, 0.717) is 6.04 Å². The zero-order chi connectivity index (χ0) is 15.6. The van der Waals surface area contributed by atoms with Gasteiger partial charge < -0.3 is 14.6 Å². The molecule has 0 aliphatic carbocycles. The number of carbonyl (C=O) groups excluding carboxylic acids is 1. The van der Waals surface area contributed by atoms with Gasteiger partial charge in [-0.1, -0.05) is 0 Å². The number of nitrogens with one attached hydrogen (secondary N) is 1. The van der Waals surface area contributed by atoms with Crippen molar-refractivity contribution in [2.24, 2.45) is 0 Å². The van der Waals surface area contributed by atoms with Gasteiger partial charge in [-0.2, -0.15) is 0 Å². The van der Waals surface area contributed by atoms with Crippen LogP contribution in [-0.4, -0.2) is 64.1 Å². The summed E-state index contributed by atoms with van der Waals surface area (Å²) >= 11 is 0. The second-order valence-corrected chi connectivity index (χ2v) is 6.62. The first-order valence-electron chi connectivity index (χ1n) is 8.16. The largest absolute Gasteiger partial charge is 0.375 e. The molecule has 2 aliphatic heterocycles. The number of aromatic amines is 1. The van der Waals surface area contributed by atoms with E-state index in [1.54, 1.807) is 13.1 Å². The third-order valence-electron chi connectivity index (χ3n) is 5.21. The maximum absolute atomic E-state index is 11.6. The van der Waals surface area contributed by atoms with Crippen molar-refractivity contribution in [3.8, 4) is 0 Å². The Labute approximate surface area is 131 Å². The van der Waals surface area contributed by atoms with Crippen molar-refractivity contribution in [3.63, 3.8) is 0 Å². The molecule has 6 heteroatoms. The summed E-state index contributed by atoms with van der Waals surface area (Å²) in [7, 11) is 1.91. The lowest BCUT2D eigenvalue weighted by atomic mass is 9.82. The first kappa shape index (κ1) is 15.5. The van der Waals surface area contributed by atoms with E-state index in [4.69, 9.17) is 4.74 Å². The molecule has 1 atom stereocenters. The molecule has 122 valence electrons. The molecule has 1 N–H and O–H groups in total. The van der Waals surface area contributed by atoms with E-state index in [0.717, 1.165) is 57.7 Å². The summed E-state index contributed by atoms with van der Waals surface area (Å²) in [6.07, 6.45) is 7.66. The molecule has 22 heavy (non-hydrogen) atoms. The molecule has 1 aromatic rings. The van der Waals surface area contributed by atoms with Crippen molar-refractivity contribution < 1.29 is 9.53 Å². The number of ether oxygens (including phenoxy) is 1. The molecular formula is C16H26N4O2. The fraction of sp³-hybridized carbons (Fsp3) is 0.750. The van der Waals surface area contributed by atoms with Gasteiger partial charge in [0.05, 0.1) is 12.1 Å². The number of imidazole rings is 1. The maximum atomic E-state index is 11.6. The highest BCUT2D eigenvalue weighted by atomic mass is 16.5. The molecular weight excluding hydrogens is 280 g/mol. The van der Waals surface area contributed by atoms with Crippen LogP contribution in [0.25, 0.3) is 0 Å². The third-order valence-corrected chi connectivity index (χ3v) is 5.21. The van der Waals surface area contributed by atoms with Gasteiger partial charge in [0.2, 0.25) is 5.91 Å². The molecule has 0 saturated carbocycles. The maximum Gasteiger partial charge on any atom is 0.219 e. The van der Waals surface area contributed by atoms with Crippen LogP contribution in [0.5, 0.6) is 0 Å². The van der Waals surface area contributed by atoms with Gasteiger partial charge in [0.1, 0.15) is 5.82 Å². The molecule has 1 aromatic heterocycles. The summed E-state index contributed by atoms with van der Waals surface area (Å²) in [5.74, 6) is 1.17. The number of nitrogens with zero attached hydrogens (tertiary/aromatic N) is 3. The van der Waals surface area contributed by atoms with Crippen molar-refractivity contribution in [3.05, 3.63) is 18.2 Å². The van der Waals surface area contributed by atoms with E-state index in [2.05, 4.69) is 14.9 Å². The van der Waals surface area contributed by atoms with Crippen LogP contribution in [0.4, 0.5) is 0 Å². The second kappa shape index (κ2) is 6.38. The van der Waals surface area contributed by atoms with E-state index < -0.39 is 0 Å². The predicted octanol–water partition coefficient (Wildman–Crippen LogP) is 1.40. The Morgan fingerprint density at radius 3 is 2.95 bits per heavy atom. The number of hydrogen-bond donors (Lipinski definition) is 1. The summed E-state index contributed by atoms with van der Waals surface area (Å²) in [5.41, 5.74) is -0.0354. The lowest BCUT2D eigenvalue weighted by molar-refractivity contribution is -0.147. The van der Waals surface area contributed by atoms with Crippen LogP contribution in [-0.2, 0) is 16.1 Å². The van der Waals surface area contributed by atoms with Gasteiger partial charge in [0, 0.05) is 52.1 Å². The number of carbonyl (C=O) groups is 1. The van der Waals surface area contributed by atoms with Gasteiger partial charge in [-0.25, -0.2) is 4.98 Å². The Bertz CT molecular complexity index is 494. The van der Waals surface area contributed by atoms with Crippen LogP contribution in [0.15, 0.2) is 12.4 Å². The van der Waals surface area contributed by atoms with E-state index >= 15 is 0 Å². The smallest absolute Gasteiger partial charge is 0.219 e. The summed E-state index contributed by atoms with van der Waals surface area (Å²) in [5, 5.41) is 0. The molecule has 0 radical (unpaired) electrons. The molecule has 0 aromatic carbocycles. The zero-order valence-corrected chi connectivity index (χ0v) is 13.5. The van der Waals surface area contributed by atoms with Gasteiger partial charge >= 0.3 is 0 Å². The minimum Gasteiger partial charge on any atom is -0.375 e. The Kier molecular flexibility index (Phi) is 4.49. The number of aromatic nitrogens is 2. The number of amides is 1. The van der Waals surface area contributed by atoms with E-state index in [1.165, 1.54) is 0 Å². The summed E-state index contributed by atoms with van der Waals surface area (Å²) < 4.78 is 6.16. The fourth-order valence-electron chi connectivity index (χ4n) is 3.65. The molecule has 2 aliphatic rings. The second-order valence-electron chi connectivity index (χ2n) is 6.62. The van der Waals surface area contributed by atoms with Crippen molar-refractivity contribution in [1.82, 2.24) is 19.8 Å². The Morgan fingerprint density at radius 2 is 2.32 bits per heavy atom. The van der Waals surface area contributed by atoms with Gasteiger partial charge in [0.25, 0.3) is 0 Å². The highest BCUT2D eigenvalue weighted by Crippen LogP contribution is 2.36. The van der Waals surface area contributed by atoms with Crippen LogP contribution < -0.4 is 0 Å². The number of H-pyrrole nitrogens is 1. The summed E-state index contributed by atoms with van der Waals surface area (Å²) in [6.45, 7) is 5.34. The number of piperidine rings is 1. The normalized spacial score (nSPS) is 25.3. The quantitative estimate of drug-likeness (QED) is 0.917. The third kappa shape index (κ3) is 3.33. The lowest BCUT2D eigenvalue weighted by Crippen LogP contribution is -2.53. The molecule has 2 fully saturated rings. The zero-order valence-electron chi connectivity index (χ0n) is 13.5. The lowest BCUT2D eigenvalue weighted by Gasteiger charge is -2.47. The molecule has 3 rings (SSSR count). The van der Waals surface area contributed by atoms with Gasteiger partial charge in [-0.3, -0.25) is 9.69 Å². The average Bonchev–Trinajstić information content (AvgIpc) is 3.02. The van der Waals surface area contributed by atoms with Gasteiger partial charge in [0.15, 0.2) is 0 Å². The topological polar surface area (TPSA) is 61.5 Å². The molecule has 1 amide bonds. The van der Waals surface area contributed by atoms with Crippen molar-refractivity contribution in [2.75, 3.05) is 26.7 Å². The van der Waals surface area contributed by atoms with Crippen LogP contribution in [0.1, 0.15) is 38.4 Å². The monoisotopic (exact) mass is 306 g/mol. The predicted molar refractivity (Wildman–Crippen MR) is 83.2 cm³/mol. The van der Waals surface area contributed by atoms with Crippen LogP contribution in [0.3, 0.4) is 0 Å². The molecule has 1 spiro atoms. The molecule has 2 saturated heterocycles. The molecule has 0 bridgehead atoms. The highest BCUT2D eigenvalue weighted by Gasteiger charge is 2.41. The Morgan fingerprint density at radius 1 is 1.55 bits per heavy atom. The van der Waals surface area contributed by atoms with Crippen LogP contribution in [0, 0.1) is 0 Å². The SMILES string of the molecule is CC(=O)N(C)C1CCOC2(CCN(Cc3ncc[nH]3)CC2)C1. The van der Waals surface area contributed by atoms with Crippen LogP contribution in [0.2, 0.25) is 0 Å². The van der Waals surface area contributed by atoms with Gasteiger partial charge in [-0.15, -0.1) is 0 Å². The Hall–Kier alpha value is -1.40. The van der Waals surface area contributed by atoms with Crippen molar-refractivity contribution in [2.45, 2.75) is 50.8 Å². The summed E-state index contributed by atoms with van der Waals surface area (Å²) in [4.78, 5) is 23.4. The highest BCUT2D eigenvalue weighted by molar-refractivity contribution is 5.73. The standard InChI is InChI=1S/C16H26N4O2/c1-13(21)19(2)14-3-10-22-16(11-14)4-8-20(9-5-16)12-15-17-6-7-18-15/h6-7,14H,3-5,8-12H2,1-2H3,(H,17,18). The number of rotatable bonds is 3. The Balaban J connectivity index is 1.56. The number of likely N-dealkylation sites (tertiary alicyclic amines) is 1. The minimum atomic E-state index is -0.0354. The first-order chi connectivity index (χ1) is 10.6. The van der Waals surface area contributed by atoms with E-state index in [9.17, 15) is 4.79 Å². The molecule has 3 heterocycles. The van der Waals surface area contributed by atoms with Crippen molar-refractivity contribution in [1.29, 1.82) is 0 Å². The fourth-order valence-corrected chi connectivity index (χ4v) is 3.65. The number of hydrogen-bond acceptors (Lipinski definition) is 4. The van der Waals surface area contributed by atoms with Crippen LogP contribution >= 0.6 is 0 Å². The van der Waals surface area contributed by atoms with Gasteiger partial charge in [-0.05, 0) is 25.7 Å². The minimum absolute atomic E-state index is 0.0354. The van der Waals surface area contributed by atoms with E-state index in [1.807, 2.05) is 18.1 Å². The molecule has 6 nitrogen and oxygen atoms in total. The van der Waals surface area contributed by atoms with E-state index in [-0.39, 0.29) is 11.5 Å². The van der Waals surface area contributed by atoms with Crippen molar-refractivity contribution >= 4 is 5.91 Å². The molecule has 1 unspecified atom stereocenters. The summed E-state index contributed by atoms with van der Waals surface area (Å²) in [6, 6.07) is 0.322.